The number of tetrazole rings is 1. The lowest BCUT2D eigenvalue weighted by Gasteiger charge is -2.06. The van der Waals surface area contributed by atoms with Crippen molar-refractivity contribution in [3.8, 4) is 5.69 Å². The number of nitrogens with zero attached hydrogens (tertiary/aromatic N) is 4. The Balaban J connectivity index is 1.49. The molecule has 26 heavy (non-hydrogen) atoms. The second-order valence-corrected chi connectivity index (χ2v) is 7.18. The fourth-order valence-corrected chi connectivity index (χ4v) is 3.29. The first-order valence-corrected chi connectivity index (χ1v) is 9.54. The minimum absolute atomic E-state index is 0.0808. The van der Waals surface area contributed by atoms with Crippen LogP contribution in [-0.4, -0.2) is 38.4 Å². The van der Waals surface area contributed by atoms with E-state index in [-0.39, 0.29) is 11.7 Å². The molecule has 1 aromatic heterocycles. The Morgan fingerprint density at radius 2 is 1.92 bits per heavy atom. The maximum absolute atomic E-state index is 12.0. The van der Waals surface area contributed by atoms with Crippen molar-refractivity contribution >= 4 is 40.9 Å². The summed E-state index contributed by atoms with van der Waals surface area (Å²) in [6, 6.07) is 14.7. The van der Waals surface area contributed by atoms with Gasteiger partial charge in [-0.15, -0.1) is 5.10 Å². The van der Waals surface area contributed by atoms with Crippen molar-refractivity contribution in [1.82, 2.24) is 25.5 Å². The van der Waals surface area contributed by atoms with E-state index in [0.717, 1.165) is 17.7 Å². The summed E-state index contributed by atoms with van der Waals surface area (Å²) in [7, 11) is 0. The Kier molecular flexibility index (Phi) is 6.49. The quantitative estimate of drug-likeness (QED) is 0.607. The molecule has 0 saturated heterocycles. The van der Waals surface area contributed by atoms with E-state index < -0.39 is 0 Å². The number of aromatic nitrogens is 4. The number of hydrogen-bond donors (Lipinski definition) is 1. The maximum atomic E-state index is 12.0. The van der Waals surface area contributed by atoms with E-state index in [0.29, 0.717) is 21.7 Å². The van der Waals surface area contributed by atoms with Gasteiger partial charge in [0, 0.05) is 16.6 Å². The first kappa shape index (κ1) is 18.7. The summed E-state index contributed by atoms with van der Waals surface area (Å²) in [5, 5.41) is 16.3. The lowest BCUT2D eigenvalue weighted by molar-refractivity contribution is -0.118. The van der Waals surface area contributed by atoms with Crippen molar-refractivity contribution in [3.63, 3.8) is 0 Å². The van der Waals surface area contributed by atoms with Crippen LogP contribution in [0.4, 0.5) is 0 Å². The summed E-state index contributed by atoms with van der Waals surface area (Å²) >= 11 is 13.1. The number of benzene rings is 2. The zero-order valence-electron chi connectivity index (χ0n) is 13.6. The largest absolute Gasteiger partial charge is 0.355 e. The van der Waals surface area contributed by atoms with Gasteiger partial charge in [0.05, 0.1) is 11.4 Å². The van der Waals surface area contributed by atoms with Gasteiger partial charge < -0.3 is 5.32 Å². The molecule has 0 bridgehead atoms. The molecular weight excluding hydrogens is 393 g/mol. The number of carbonyl (C=O) groups is 1. The highest BCUT2D eigenvalue weighted by Crippen LogP contribution is 2.19. The van der Waals surface area contributed by atoms with Crippen LogP contribution in [-0.2, 0) is 11.2 Å². The number of halogens is 2. The van der Waals surface area contributed by atoms with Gasteiger partial charge in [-0.05, 0) is 58.8 Å². The maximum Gasteiger partial charge on any atom is 0.230 e. The van der Waals surface area contributed by atoms with Crippen molar-refractivity contribution in [2.75, 3.05) is 12.3 Å². The number of carbonyl (C=O) groups excluding carboxylic acids is 1. The molecule has 0 fully saturated rings. The van der Waals surface area contributed by atoms with E-state index in [4.69, 9.17) is 23.2 Å². The molecule has 0 radical (unpaired) electrons. The molecule has 0 atom stereocenters. The normalized spacial score (nSPS) is 10.7. The third kappa shape index (κ3) is 5.20. The minimum atomic E-state index is -0.0808. The molecule has 2 aromatic carbocycles. The predicted molar refractivity (Wildman–Crippen MR) is 103 cm³/mol. The molecule has 1 amide bonds. The van der Waals surface area contributed by atoms with Crippen LogP contribution in [0.15, 0.2) is 53.7 Å². The summed E-state index contributed by atoms with van der Waals surface area (Å²) in [4.78, 5) is 12.0. The minimum Gasteiger partial charge on any atom is -0.355 e. The van der Waals surface area contributed by atoms with E-state index in [1.54, 1.807) is 16.8 Å². The highest BCUT2D eigenvalue weighted by atomic mass is 35.5. The molecule has 1 heterocycles. The SMILES string of the molecule is O=C(CSc1nnnn1-c1ccc(Cl)cc1)NCCc1cccc(Cl)c1. The van der Waals surface area contributed by atoms with Gasteiger partial charge in [-0.25, -0.2) is 0 Å². The van der Waals surface area contributed by atoms with Crippen LogP contribution in [0.25, 0.3) is 5.69 Å². The number of amides is 1. The highest BCUT2D eigenvalue weighted by molar-refractivity contribution is 7.99. The van der Waals surface area contributed by atoms with E-state index >= 15 is 0 Å². The Hall–Kier alpha value is -2.09. The van der Waals surface area contributed by atoms with Crippen LogP contribution in [0.1, 0.15) is 5.56 Å². The molecule has 0 saturated carbocycles. The number of nitrogens with one attached hydrogen (secondary N) is 1. The first-order valence-electron chi connectivity index (χ1n) is 7.80. The number of hydrogen-bond acceptors (Lipinski definition) is 5. The fourth-order valence-electron chi connectivity index (χ4n) is 2.23. The van der Waals surface area contributed by atoms with Crippen LogP contribution in [0.2, 0.25) is 10.0 Å². The van der Waals surface area contributed by atoms with E-state index in [9.17, 15) is 4.79 Å². The third-order valence-corrected chi connectivity index (χ3v) is 4.88. The summed E-state index contributed by atoms with van der Waals surface area (Å²) in [6.07, 6.45) is 0.722. The van der Waals surface area contributed by atoms with Gasteiger partial charge in [-0.2, -0.15) is 4.68 Å². The first-order chi connectivity index (χ1) is 12.6. The zero-order chi connectivity index (χ0) is 18.4. The molecule has 0 aliphatic heterocycles. The molecule has 3 aromatic rings. The topological polar surface area (TPSA) is 72.7 Å². The third-order valence-electron chi connectivity index (χ3n) is 3.47. The van der Waals surface area contributed by atoms with Crippen molar-refractivity contribution in [2.45, 2.75) is 11.6 Å². The van der Waals surface area contributed by atoms with Gasteiger partial charge in [0.25, 0.3) is 0 Å². The smallest absolute Gasteiger partial charge is 0.230 e. The molecule has 1 N–H and O–H groups in total. The summed E-state index contributed by atoms with van der Waals surface area (Å²) in [6.45, 7) is 0.544. The summed E-state index contributed by atoms with van der Waals surface area (Å²) in [5.41, 5.74) is 1.86. The number of rotatable bonds is 7. The van der Waals surface area contributed by atoms with Crippen LogP contribution in [0.3, 0.4) is 0 Å². The van der Waals surface area contributed by atoms with Gasteiger partial charge in [0.15, 0.2) is 0 Å². The lowest BCUT2D eigenvalue weighted by Crippen LogP contribution is -2.27. The van der Waals surface area contributed by atoms with Crippen molar-refractivity contribution in [1.29, 1.82) is 0 Å². The van der Waals surface area contributed by atoms with Crippen LogP contribution in [0.5, 0.6) is 0 Å². The zero-order valence-corrected chi connectivity index (χ0v) is 15.9. The molecule has 3 rings (SSSR count). The Bertz CT molecular complexity index is 885. The molecule has 134 valence electrons. The average molecular weight is 408 g/mol. The second-order valence-electron chi connectivity index (χ2n) is 5.37. The van der Waals surface area contributed by atoms with Crippen LogP contribution >= 0.6 is 35.0 Å². The molecule has 0 aliphatic carbocycles. The van der Waals surface area contributed by atoms with Crippen LogP contribution in [0, 0.1) is 0 Å². The summed E-state index contributed by atoms with van der Waals surface area (Å²) in [5.74, 6) is 0.145. The van der Waals surface area contributed by atoms with Gasteiger partial charge >= 0.3 is 0 Å². The highest BCUT2D eigenvalue weighted by Gasteiger charge is 2.11. The molecule has 0 unspecified atom stereocenters. The predicted octanol–water partition coefficient (Wildman–Crippen LogP) is 3.42. The summed E-state index contributed by atoms with van der Waals surface area (Å²) < 4.78 is 1.57. The fraction of sp³-hybridized carbons (Fsp3) is 0.176. The molecule has 6 nitrogen and oxygen atoms in total. The van der Waals surface area contributed by atoms with Crippen molar-refractivity contribution in [3.05, 3.63) is 64.1 Å². The van der Waals surface area contributed by atoms with Gasteiger partial charge in [0.1, 0.15) is 0 Å². The Labute approximate surface area is 164 Å². The lowest BCUT2D eigenvalue weighted by atomic mass is 10.1. The number of thioether (sulfide) groups is 1. The van der Waals surface area contributed by atoms with Gasteiger partial charge in [-0.1, -0.05) is 47.1 Å². The molecule has 0 spiro atoms. The Morgan fingerprint density at radius 3 is 2.69 bits per heavy atom. The van der Waals surface area contributed by atoms with Crippen LogP contribution < -0.4 is 5.32 Å². The monoisotopic (exact) mass is 407 g/mol. The Morgan fingerprint density at radius 1 is 1.12 bits per heavy atom. The molecular formula is C17H15Cl2N5OS. The second kappa shape index (κ2) is 9.02. The molecule has 0 aliphatic rings. The van der Waals surface area contributed by atoms with E-state index in [1.165, 1.54) is 11.8 Å². The van der Waals surface area contributed by atoms with Gasteiger partial charge in [0.2, 0.25) is 11.1 Å². The van der Waals surface area contributed by atoms with E-state index in [1.807, 2.05) is 36.4 Å². The van der Waals surface area contributed by atoms with Crippen molar-refractivity contribution < 1.29 is 4.79 Å². The molecule has 9 heteroatoms. The van der Waals surface area contributed by atoms with Gasteiger partial charge in [-0.3, -0.25) is 4.79 Å². The standard InChI is InChI=1S/C17H15Cl2N5OS/c18-13-4-6-15(7-5-13)24-17(21-22-23-24)26-11-16(25)20-9-8-12-2-1-3-14(19)10-12/h1-7,10H,8-9,11H2,(H,20,25). The average Bonchev–Trinajstić information content (AvgIpc) is 3.09. The van der Waals surface area contributed by atoms with E-state index in [2.05, 4.69) is 20.8 Å². The van der Waals surface area contributed by atoms with Crippen molar-refractivity contribution in [2.24, 2.45) is 0 Å².